The number of nitrogens with two attached hydrogens (primary N) is 1. The third-order valence-electron chi connectivity index (χ3n) is 2.69. The van der Waals surface area contributed by atoms with Crippen LogP contribution in [0.4, 0.5) is 5.88 Å². The molecule has 0 saturated heterocycles. The third-order valence-corrected chi connectivity index (χ3v) is 3.32. The zero-order chi connectivity index (χ0) is 13.8. The van der Waals surface area contributed by atoms with Gasteiger partial charge in [-0.1, -0.05) is 34.4 Å². The van der Waals surface area contributed by atoms with Gasteiger partial charge in [-0.25, -0.2) is 0 Å². The number of hydrogen-bond donors (Lipinski definition) is 1. The average Bonchev–Trinajstić information content (AvgIpc) is 2.72. The topological polar surface area (TPSA) is 61.3 Å². The summed E-state index contributed by atoms with van der Waals surface area (Å²) in [6.45, 7) is 3.12. The van der Waals surface area contributed by atoms with Crippen LogP contribution in [0.3, 0.4) is 0 Å². The zero-order valence-corrected chi connectivity index (χ0v) is 12.0. The lowest BCUT2D eigenvalue weighted by molar-refractivity contribution is 0.149. The van der Waals surface area contributed by atoms with Crippen molar-refractivity contribution in [3.05, 3.63) is 33.9 Å². The Balaban J connectivity index is 2.41. The van der Waals surface area contributed by atoms with Gasteiger partial charge in [0.25, 0.3) is 0 Å². The van der Waals surface area contributed by atoms with Crippen molar-refractivity contribution in [1.82, 2.24) is 5.16 Å². The maximum atomic E-state index is 6.19. The minimum atomic E-state index is 0.210. The normalized spacial score (nSPS) is 10.9. The molecule has 1 heterocycles. The van der Waals surface area contributed by atoms with Gasteiger partial charge in [0.1, 0.15) is 0 Å². The number of nitrogens with zero attached hydrogens (tertiary/aromatic N) is 1. The fourth-order valence-corrected chi connectivity index (χ4v) is 2.41. The summed E-state index contributed by atoms with van der Waals surface area (Å²) >= 11 is 12.4. The number of anilines is 1. The number of halogens is 2. The first-order valence-corrected chi connectivity index (χ1v) is 6.66. The molecule has 102 valence electrons. The van der Waals surface area contributed by atoms with E-state index in [0.29, 0.717) is 46.5 Å². The summed E-state index contributed by atoms with van der Waals surface area (Å²) in [5.74, 6) is 0.210. The van der Waals surface area contributed by atoms with E-state index in [1.807, 2.05) is 6.92 Å². The number of nitrogen functional groups attached to an aromatic ring is 1. The molecule has 4 nitrogen and oxygen atoms in total. The summed E-state index contributed by atoms with van der Waals surface area (Å²) in [5, 5.41) is 4.98. The Hall–Kier alpha value is -1.23. The molecule has 0 aliphatic rings. The van der Waals surface area contributed by atoms with Crippen molar-refractivity contribution in [1.29, 1.82) is 0 Å². The fraction of sp³-hybridized carbons (Fsp3) is 0.308. The van der Waals surface area contributed by atoms with Crippen LogP contribution in [-0.4, -0.2) is 18.4 Å². The van der Waals surface area contributed by atoms with Crippen LogP contribution >= 0.6 is 23.2 Å². The molecule has 0 spiro atoms. The van der Waals surface area contributed by atoms with Crippen LogP contribution in [0, 0.1) is 0 Å². The summed E-state index contributed by atoms with van der Waals surface area (Å²) in [4.78, 5) is 0. The zero-order valence-electron chi connectivity index (χ0n) is 10.5. The molecule has 1 aromatic heterocycles. The van der Waals surface area contributed by atoms with Crippen LogP contribution in [0.2, 0.25) is 10.0 Å². The second kappa shape index (κ2) is 6.28. The van der Waals surface area contributed by atoms with Crippen molar-refractivity contribution in [2.45, 2.75) is 13.3 Å². The minimum absolute atomic E-state index is 0.210. The summed E-state index contributed by atoms with van der Waals surface area (Å²) in [5.41, 5.74) is 7.82. The van der Waals surface area contributed by atoms with Gasteiger partial charge >= 0.3 is 0 Å². The Bertz CT molecular complexity index is 550. The Morgan fingerprint density at radius 2 is 1.95 bits per heavy atom. The Labute approximate surface area is 121 Å². The molecule has 0 fully saturated rings. The van der Waals surface area contributed by atoms with Gasteiger partial charge in [0.05, 0.1) is 27.9 Å². The molecule has 2 aromatic rings. The van der Waals surface area contributed by atoms with E-state index in [2.05, 4.69) is 5.16 Å². The molecule has 0 unspecified atom stereocenters. The summed E-state index contributed by atoms with van der Waals surface area (Å²) in [7, 11) is 0. The van der Waals surface area contributed by atoms with E-state index in [4.69, 9.17) is 38.2 Å². The van der Waals surface area contributed by atoms with Crippen molar-refractivity contribution >= 4 is 29.1 Å². The predicted octanol–water partition coefficient (Wildman–Crippen LogP) is 3.81. The lowest BCUT2D eigenvalue weighted by Crippen LogP contribution is -2.00. The molecular weight excluding hydrogens is 287 g/mol. The first kappa shape index (κ1) is 14.2. The molecule has 0 bridgehead atoms. The van der Waals surface area contributed by atoms with Crippen molar-refractivity contribution in [2.75, 3.05) is 18.9 Å². The highest BCUT2D eigenvalue weighted by molar-refractivity contribution is 6.39. The molecule has 19 heavy (non-hydrogen) atoms. The third kappa shape index (κ3) is 3.03. The molecule has 2 rings (SSSR count). The maximum Gasteiger partial charge on any atom is 0.230 e. The van der Waals surface area contributed by atoms with Crippen LogP contribution < -0.4 is 5.73 Å². The van der Waals surface area contributed by atoms with Crippen LogP contribution in [0.5, 0.6) is 0 Å². The molecule has 0 amide bonds. The first-order valence-electron chi connectivity index (χ1n) is 5.91. The lowest BCUT2D eigenvalue weighted by atomic mass is 10.0. The molecule has 0 radical (unpaired) electrons. The number of benzene rings is 1. The highest BCUT2D eigenvalue weighted by Crippen LogP contribution is 2.39. The second-order valence-corrected chi connectivity index (χ2v) is 4.73. The molecule has 2 N–H and O–H groups in total. The van der Waals surface area contributed by atoms with Crippen molar-refractivity contribution in [2.24, 2.45) is 0 Å². The Morgan fingerprint density at radius 3 is 2.58 bits per heavy atom. The van der Waals surface area contributed by atoms with Gasteiger partial charge in [-0.2, -0.15) is 0 Å². The molecule has 0 aliphatic carbocycles. The number of aromatic nitrogens is 1. The number of ether oxygens (including phenoxy) is 1. The van der Waals surface area contributed by atoms with Crippen LogP contribution in [0.15, 0.2) is 22.7 Å². The van der Waals surface area contributed by atoms with E-state index in [0.717, 1.165) is 0 Å². The van der Waals surface area contributed by atoms with Gasteiger partial charge in [-0.3, -0.25) is 0 Å². The van der Waals surface area contributed by atoms with Gasteiger partial charge in [-0.15, -0.1) is 0 Å². The molecule has 0 atom stereocenters. The monoisotopic (exact) mass is 300 g/mol. The van der Waals surface area contributed by atoms with E-state index in [-0.39, 0.29) is 5.88 Å². The molecule has 0 saturated carbocycles. The van der Waals surface area contributed by atoms with Crippen LogP contribution in [0.25, 0.3) is 11.1 Å². The van der Waals surface area contributed by atoms with Gasteiger partial charge in [0.15, 0.2) is 0 Å². The van der Waals surface area contributed by atoms with Crippen LogP contribution in [0.1, 0.15) is 12.6 Å². The average molecular weight is 301 g/mol. The highest BCUT2D eigenvalue weighted by Gasteiger charge is 2.20. The van der Waals surface area contributed by atoms with Crippen molar-refractivity contribution < 1.29 is 9.26 Å². The van der Waals surface area contributed by atoms with Crippen LogP contribution in [-0.2, 0) is 11.2 Å². The summed E-state index contributed by atoms with van der Waals surface area (Å²) in [6, 6.07) is 5.28. The van der Waals surface area contributed by atoms with E-state index >= 15 is 0 Å². The summed E-state index contributed by atoms with van der Waals surface area (Å²) < 4.78 is 10.4. The first-order chi connectivity index (χ1) is 9.15. The summed E-state index contributed by atoms with van der Waals surface area (Å²) in [6.07, 6.45) is 0.589. The number of hydrogen-bond acceptors (Lipinski definition) is 4. The van der Waals surface area contributed by atoms with E-state index in [9.17, 15) is 0 Å². The van der Waals surface area contributed by atoms with E-state index < -0.39 is 0 Å². The highest BCUT2D eigenvalue weighted by atomic mass is 35.5. The second-order valence-electron chi connectivity index (χ2n) is 3.91. The fourth-order valence-electron chi connectivity index (χ4n) is 1.83. The van der Waals surface area contributed by atoms with Crippen molar-refractivity contribution in [3.63, 3.8) is 0 Å². The molecule has 1 aromatic carbocycles. The van der Waals surface area contributed by atoms with E-state index in [1.165, 1.54) is 0 Å². The molecular formula is C13H14Cl2N2O2. The Morgan fingerprint density at radius 1 is 1.26 bits per heavy atom. The predicted molar refractivity (Wildman–Crippen MR) is 76.6 cm³/mol. The lowest BCUT2D eigenvalue weighted by Gasteiger charge is -2.07. The molecule has 0 aliphatic heterocycles. The maximum absolute atomic E-state index is 6.19. The SMILES string of the molecule is CCOCCc1noc(N)c1-c1c(Cl)cccc1Cl. The quantitative estimate of drug-likeness (QED) is 0.853. The Kier molecular flexibility index (Phi) is 4.69. The van der Waals surface area contributed by atoms with Crippen molar-refractivity contribution in [3.8, 4) is 11.1 Å². The van der Waals surface area contributed by atoms with Gasteiger partial charge < -0.3 is 15.0 Å². The standard InChI is InChI=1S/C13H14Cl2N2O2/c1-2-18-7-6-10-12(13(16)19-17-10)11-8(14)4-3-5-9(11)15/h3-5H,2,6-7,16H2,1H3. The molecule has 6 heteroatoms. The largest absolute Gasteiger partial charge is 0.381 e. The van der Waals surface area contributed by atoms with Gasteiger partial charge in [0, 0.05) is 18.6 Å². The smallest absolute Gasteiger partial charge is 0.230 e. The van der Waals surface area contributed by atoms with Gasteiger partial charge in [0.2, 0.25) is 5.88 Å². The minimum Gasteiger partial charge on any atom is -0.381 e. The van der Waals surface area contributed by atoms with E-state index in [1.54, 1.807) is 18.2 Å². The number of rotatable bonds is 5. The van der Waals surface area contributed by atoms with Gasteiger partial charge in [-0.05, 0) is 19.1 Å².